The third-order valence-corrected chi connectivity index (χ3v) is 6.60. The molecule has 4 heterocycles. The summed E-state index contributed by atoms with van der Waals surface area (Å²) in [5.41, 5.74) is 1.61. The fraction of sp³-hybridized carbons (Fsp3) is 0.450. The van der Waals surface area contributed by atoms with Gasteiger partial charge in [-0.05, 0) is 31.0 Å². The van der Waals surface area contributed by atoms with Crippen LogP contribution in [0.3, 0.4) is 0 Å². The number of halogens is 4. The zero-order valence-corrected chi connectivity index (χ0v) is 17.1. The second-order valence-electron chi connectivity index (χ2n) is 8.23. The van der Waals surface area contributed by atoms with Crippen LogP contribution in [-0.4, -0.2) is 45.7 Å². The van der Waals surface area contributed by atoms with Crippen molar-refractivity contribution in [1.29, 1.82) is 0 Å². The van der Waals surface area contributed by atoms with Gasteiger partial charge in [0.2, 0.25) is 0 Å². The average Bonchev–Trinajstić information content (AvgIpc) is 3.41. The van der Waals surface area contributed by atoms with E-state index in [1.54, 1.807) is 12.7 Å². The topological polar surface area (TPSA) is 50.1 Å². The van der Waals surface area contributed by atoms with E-state index in [1.807, 2.05) is 11.6 Å². The Hall–Kier alpha value is -2.55. The number of aromatic nitrogens is 4. The number of alkyl halides is 3. The van der Waals surface area contributed by atoms with Crippen LogP contribution in [0.25, 0.3) is 11.2 Å². The monoisotopic (exact) mass is 436 g/mol. The lowest BCUT2D eigenvalue weighted by molar-refractivity contribution is -0.137. The molecule has 158 valence electrons. The van der Waals surface area contributed by atoms with Crippen molar-refractivity contribution in [1.82, 2.24) is 19.5 Å². The number of fused-ring (bicyclic) bond motifs is 1. The summed E-state index contributed by atoms with van der Waals surface area (Å²) in [5, 5.41) is -0.256. The molecule has 0 aliphatic carbocycles. The smallest absolute Gasteiger partial charge is 0.371 e. The van der Waals surface area contributed by atoms with Crippen LogP contribution in [0.5, 0.6) is 0 Å². The minimum absolute atomic E-state index is 0.0744. The van der Waals surface area contributed by atoms with Gasteiger partial charge in [-0.2, -0.15) is 13.2 Å². The van der Waals surface area contributed by atoms with Crippen LogP contribution in [-0.2, 0) is 13.2 Å². The van der Waals surface area contributed by atoms with Crippen LogP contribution >= 0.6 is 11.6 Å². The van der Waals surface area contributed by atoms with Crippen LogP contribution in [0.2, 0.25) is 5.02 Å². The van der Waals surface area contributed by atoms with Crippen molar-refractivity contribution in [3.63, 3.8) is 0 Å². The molecule has 2 aromatic heterocycles. The maximum absolute atomic E-state index is 13.0. The van der Waals surface area contributed by atoms with Crippen molar-refractivity contribution >= 4 is 34.3 Å². The van der Waals surface area contributed by atoms with Gasteiger partial charge in [0.25, 0.3) is 0 Å². The summed E-state index contributed by atoms with van der Waals surface area (Å²) in [7, 11) is 1.93. The van der Waals surface area contributed by atoms with Crippen LogP contribution in [0, 0.1) is 5.41 Å². The molecule has 0 bridgehead atoms. The molecule has 5 rings (SSSR count). The number of aryl methyl sites for hydroxylation is 1. The molecule has 2 aliphatic rings. The summed E-state index contributed by atoms with van der Waals surface area (Å²) in [6.07, 6.45) is 0.812. The number of imidazole rings is 1. The summed E-state index contributed by atoms with van der Waals surface area (Å²) < 4.78 is 40.9. The Balaban J connectivity index is 1.36. The van der Waals surface area contributed by atoms with Crippen molar-refractivity contribution < 1.29 is 13.2 Å². The standard InChI is InChI=1S/C20H20ClF3N6/c1-28-12-27-17-16(28)18(26-11-25-17)30-7-5-19(10-30)4-6-29(9-19)13-2-3-14(15(21)8-13)20(22,23)24/h2-3,8,11-12H,4-7,9-10H2,1H3/t19-/m1/s1. The van der Waals surface area contributed by atoms with Gasteiger partial charge in [0.1, 0.15) is 11.8 Å². The summed E-state index contributed by atoms with van der Waals surface area (Å²) in [6.45, 7) is 3.29. The SMILES string of the molecule is Cn1cnc2ncnc(N3CC[C@@]4(CCN(c5ccc(C(F)(F)F)c(Cl)c5)C4)C3)c21. The first-order valence-electron chi connectivity index (χ1n) is 9.74. The zero-order chi connectivity index (χ0) is 21.1. The van der Waals surface area contributed by atoms with Gasteiger partial charge in [0.05, 0.1) is 16.9 Å². The van der Waals surface area contributed by atoms with Crippen molar-refractivity contribution in [2.24, 2.45) is 12.5 Å². The molecule has 1 atom stereocenters. The van der Waals surface area contributed by atoms with Crippen molar-refractivity contribution in [3.8, 4) is 0 Å². The lowest BCUT2D eigenvalue weighted by atomic mass is 9.86. The molecular formula is C20H20ClF3N6. The molecule has 30 heavy (non-hydrogen) atoms. The maximum Gasteiger partial charge on any atom is 0.417 e. The van der Waals surface area contributed by atoms with E-state index in [2.05, 4.69) is 24.8 Å². The average molecular weight is 437 g/mol. The Morgan fingerprint density at radius 1 is 1.03 bits per heavy atom. The quantitative estimate of drug-likeness (QED) is 0.604. The van der Waals surface area contributed by atoms with Crippen molar-refractivity contribution in [2.75, 3.05) is 36.0 Å². The van der Waals surface area contributed by atoms with E-state index in [0.717, 1.165) is 62.1 Å². The van der Waals surface area contributed by atoms with E-state index in [4.69, 9.17) is 11.6 Å². The van der Waals surface area contributed by atoms with Crippen LogP contribution < -0.4 is 9.80 Å². The summed E-state index contributed by atoms with van der Waals surface area (Å²) in [4.78, 5) is 17.5. The summed E-state index contributed by atoms with van der Waals surface area (Å²) in [6, 6.07) is 4.02. The molecule has 0 radical (unpaired) electrons. The van der Waals surface area contributed by atoms with E-state index in [-0.39, 0.29) is 10.4 Å². The molecule has 1 spiro atoms. The Labute approximate surface area is 176 Å². The Morgan fingerprint density at radius 2 is 1.77 bits per heavy atom. The Kier molecular flexibility index (Phi) is 4.36. The summed E-state index contributed by atoms with van der Waals surface area (Å²) >= 11 is 5.93. The first-order chi connectivity index (χ1) is 14.3. The molecule has 10 heteroatoms. The number of rotatable bonds is 2. The highest BCUT2D eigenvalue weighted by Gasteiger charge is 2.44. The Morgan fingerprint density at radius 3 is 2.50 bits per heavy atom. The van der Waals surface area contributed by atoms with Gasteiger partial charge in [0, 0.05) is 44.3 Å². The third kappa shape index (κ3) is 3.15. The molecule has 0 unspecified atom stereocenters. The molecule has 2 fully saturated rings. The van der Waals surface area contributed by atoms with E-state index in [1.165, 1.54) is 12.1 Å². The molecule has 0 saturated carbocycles. The zero-order valence-electron chi connectivity index (χ0n) is 16.3. The minimum Gasteiger partial charge on any atom is -0.371 e. The molecule has 6 nitrogen and oxygen atoms in total. The molecule has 3 aromatic rings. The van der Waals surface area contributed by atoms with E-state index >= 15 is 0 Å². The van der Waals surface area contributed by atoms with Gasteiger partial charge in [-0.15, -0.1) is 0 Å². The maximum atomic E-state index is 13.0. The van der Waals surface area contributed by atoms with Crippen molar-refractivity contribution in [2.45, 2.75) is 19.0 Å². The second-order valence-corrected chi connectivity index (χ2v) is 8.64. The van der Waals surface area contributed by atoms with Gasteiger partial charge in [-0.1, -0.05) is 11.6 Å². The number of benzene rings is 1. The highest BCUT2D eigenvalue weighted by atomic mass is 35.5. The molecular weight excluding hydrogens is 417 g/mol. The predicted octanol–water partition coefficient (Wildman–Crippen LogP) is 4.14. The van der Waals surface area contributed by atoms with Crippen LogP contribution in [0.15, 0.2) is 30.9 Å². The summed E-state index contributed by atoms with van der Waals surface area (Å²) in [5.74, 6) is 0.882. The lowest BCUT2D eigenvalue weighted by Gasteiger charge is -2.26. The molecule has 1 aromatic carbocycles. The largest absolute Gasteiger partial charge is 0.417 e. The minimum atomic E-state index is -4.44. The Bertz CT molecular complexity index is 1110. The predicted molar refractivity (Wildman–Crippen MR) is 109 cm³/mol. The van der Waals surface area contributed by atoms with Gasteiger partial charge < -0.3 is 14.4 Å². The molecule has 0 amide bonds. The highest BCUT2D eigenvalue weighted by Crippen LogP contribution is 2.44. The normalized spacial score (nSPS) is 22.0. The number of hydrogen-bond acceptors (Lipinski definition) is 5. The van der Waals surface area contributed by atoms with Gasteiger partial charge in [-0.3, -0.25) is 0 Å². The first kappa shape index (κ1) is 19.4. The molecule has 0 N–H and O–H groups in total. The number of anilines is 2. The fourth-order valence-corrected chi connectivity index (χ4v) is 5.02. The number of nitrogens with zero attached hydrogens (tertiary/aromatic N) is 6. The molecule has 2 saturated heterocycles. The fourth-order valence-electron chi connectivity index (χ4n) is 4.74. The van der Waals surface area contributed by atoms with E-state index in [0.29, 0.717) is 5.65 Å². The van der Waals surface area contributed by atoms with E-state index < -0.39 is 11.7 Å². The van der Waals surface area contributed by atoms with Crippen LogP contribution in [0.4, 0.5) is 24.7 Å². The van der Waals surface area contributed by atoms with Crippen LogP contribution in [0.1, 0.15) is 18.4 Å². The first-order valence-corrected chi connectivity index (χ1v) is 10.1. The van der Waals surface area contributed by atoms with Gasteiger partial charge in [0.15, 0.2) is 11.5 Å². The van der Waals surface area contributed by atoms with Gasteiger partial charge >= 0.3 is 6.18 Å². The molecule has 2 aliphatic heterocycles. The third-order valence-electron chi connectivity index (χ3n) is 6.29. The van der Waals surface area contributed by atoms with Crippen molar-refractivity contribution in [3.05, 3.63) is 41.4 Å². The van der Waals surface area contributed by atoms with Gasteiger partial charge in [-0.25, -0.2) is 15.0 Å². The second kappa shape index (κ2) is 6.73. The highest BCUT2D eigenvalue weighted by molar-refractivity contribution is 6.31. The lowest BCUT2D eigenvalue weighted by Crippen LogP contribution is -2.31. The number of hydrogen-bond donors (Lipinski definition) is 0. The van der Waals surface area contributed by atoms with E-state index in [9.17, 15) is 13.2 Å².